The quantitative estimate of drug-likeness (QED) is 0.402. The zero-order valence-corrected chi connectivity index (χ0v) is 5.07. The smallest absolute Gasteiger partial charge is 0.0123 e. The normalized spacial score (nSPS) is 14.1. The van der Waals surface area contributed by atoms with Crippen molar-refractivity contribution in [1.29, 1.82) is 0 Å². The van der Waals surface area contributed by atoms with Crippen LogP contribution in [0.2, 0.25) is 0 Å². The third-order valence-electron chi connectivity index (χ3n) is 1.16. The molecule has 0 aromatic rings. The van der Waals surface area contributed by atoms with Gasteiger partial charge in [0.2, 0.25) is 0 Å². The molecule has 0 spiro atoms. The third-order valence-corrected chi connectivity index (χ3v) is 1.16. The maximum atomic E-state index is 5.06. The van der Waals surface area contributed by atoms with E-state index in [2.05, 4.69) is 19.3 Å². The number of nitrogens with one attached hydrogen (secondary N) is 1. The van der Waals surface area contributed by atoms with E-state index >= 15 is 0 Å². The predicted octanol–water partition coefficient (Wildman–Crippen LogP) is 0.496. The Hall–Kier alpha value is -0.0800. The van der Waals surface area contributed by atoms with E-state index in [1.807, 2.05) is 0 Å². The maximum absolute atomic E-state index is 5.06. The molecular formula is C5H14N2. The van der Waals surface area contributed by atoms with Crippen LogP contribution in [0.1, 0.15) is 20.3 Å². The van der Waals surface area contributed by atoms with Crippen LogP contribution in [0.25, 0.3) is 0 Å². The minimum absolute atomic E-state index is 0.713. The first-order valence-corrected chi connectivity index (χ1v) is 2.74. The van der Waals surface area contributed by atoms with Crippen LogP contribution in [0.4, 0.5) is 0 Å². The summed E-state index contributed by atoms with van der Waals surface area (Å²) >= 11 is 0. The van der Waals surface area contributed by atoms with E-state index in [0.29, 0.717) is 5.92 Å². The molecule has 0 saturated heterocycles. The van der Waals surface area contributed by atoms with Crippen LogP contribution >= 0.6 is 0 Å². The molecule has 0 unspecified atom stereocenters. The fourth-order valence-electron chi connectivity index (χ4n) is 0.346. The van der Waals surface area contributed by atoms with Gasteiger partial charge >= 0.3 is 0 Å². The van der Waals surface area contributed by atoms with Gasteiger partial charge in [-0.25, -0.2) is 0 Å². The Morgan fingerprint density at radius 2 is 2.29 bits per heavy atom. The highest BCUT2D eigenvalue weighted by atomic mass is 15.2. The second kappa shape index (κ2) is 4.09. The Balaban J connectivity index is 2.83. The van der Waals surface area contributed by atoms with Crippen molar-refractivity contribution in [2.75, 3.05) is 6.54 Å². The summed E-state index contributed by atoms with van der Waals surface area (Å²) in [5.74, 6) is 5.77. The van der Waals surface area contributed by atoms with Crippen molar-refractivity contribution in [2.45, 2.75) is 20.3 Å². The van der Waals surface area contributed by atoms with Crippen LogP contribution in [-0.4, -0.2) is 6.54 Å². The lowest BCUT2D eigenvalue weighted by molar-refractivity contribution is 0.510. The average Bonchev–Trinajstić information content (AvgIpc) is 1.68. The van der Waals surface area contributed by atoms with Gasteiger partial charge < -0.3 is 0 Å². The van der Waals surface area contributed by atoms with Crippen LogP contribution < -0.4 is 11.3 Å². The first-order valence-electron chi connectivity index (χ1n) is 2.74. The van der Waals surface area contributed by atoms with E-state index in [9.17, 15) is 0 Å². The molecule has 0 heterocycles. The summed E-state index contributed by atoms with van der Waals surface area (Å²) < 4.78 is 0. The number of hydrazine groups is 1. The Kier molecular flexibility index (Phi) is 4.04. The third kappa shape index (κ3) is 3.76. The van der Waals surface area contributed by atoms with Gasteiger partial charge in [0.15, 0.2) is 0 Å². The second-order valence-corrected chi connectivity index (χ2v) is 1.92. The monoisotopic (exact) mass is 102 g/mol. The minimum atomic E-state index is 0.713. The number of hydrogen-bond acceptors (Lipinski definition) is 2. The van der Waals surface area contributed by atoms with Gasteiger partial charge in [-0.05, 0) is 5.92 Å². The molecule has 0 rings (SSSR count). The molecular weight excluding hydrogens is 88.1 g/mol. The van der Waals surface area contributed by atoms with Gasteiger partial charge in [-0.3, -0.25) is 11.3 Å². The standard InChI is InChI=1S/C5H14N2/c1-3-5(2)4-7-6/h5,7H,3-4,6H2,1-2H3/t5-/m0/s1. The van der Waals surface area contributed by atoms with E-state index in [-0.39, 0.29) is 0 Å². The Labute approximate surface area is 45.1 Å². The van der Waals surface area contributed by atoms with Crippen molar-refractivity contribution in [2.24, 2.45) is 11.8 Å². The lowest BCUT2D eigenvalue weighted by atomic mass is 10.1. The molecule has 2 heteroatoms. The summed E-state index contributed by atoms with van der Waals surface area (Å²) in [4.78, 5) is 0. The highest BCUT2D eigenvalue weighted by Crippen LogP contribution is 1.95. The highest BCUT2D eigenvalue weighted by molar-refractivity contribution is 4.48. The van der Waals surface area contributed by atoms with E-state index in [4.69, 9.17) is 5.84 Å². The van der Waals surface area contributed by atoms with Crippen molar-refractivity contribution in [3.63, 3.8) is 0 Å². The molecule has 7 heavy (non-hydrogen) atoms. The zero-order valence-electron chi connectivity index (χ0n) is 5.07. The molecule has 3 N–H and O–H groups in total. The first-order chi connectivity index (χ1) is 3.31. The van der Waals surface area contributed by atoms with E-state index in [1.54, 1.807) is 0 Å². The van der Waals surface area contributed by atoms with E-state index < -0.39 is 0 Å². The molecule has 1 atom stereocenters. The number of hydrogen-bond donors (Lipinski definition) is 2. The van der Waals surface area contributed by atoms with Crippen molar-refractivity contribution < 1.29 is 0 Å². The summed E-state index contributed by atoms with van der Waals surface area (Å²) in [6, 6.07) is 0. The van der Waals surface area contributed by atoms with E-state index in [1.165, 1.54) is 6.42 Å². The first kappa shape index (κ1) is 6.92. The Morgan fingerprint density at radius 3 is 2.43 bits per heavy atom. The Morgan fingerprint density at radius 1 is 1.71 bits per heavy atom. The van der Waals surface area contributed by atoms with Crippen molar-refractivity contribution >= 4 is 0 Å². The van der Waals surface area contributed by atoms with Gasteiger partial charge in [0.1, 0.15) is 0 Å². The molecule has 0 radical (unpaired) electrons. The molecule has 0 aliphatic heterocycles. The summed E-state index contributed by atoms with van der Waals surface area (Å²) in [5.41, 5.74) is 2.62. The summed E-state index contributed by atoms with van der Waals surface area (Å²) in [6.45, 7) is 5.25. The molecule has 0 aromatic heterocycles. The summed E-state index contributed by atoms with van der Waals surface area (Å²) in [7, 11) is 0. The maximum Gasteiger partial charge on any atom is 0.0123 e. The van der Waals surface area contributed by atoms with Crippen molar-refractivity contribution in [3.05, 3.63) is 0 Å². The summed E-state index contributed by atoms with van der Waals surface area (Å²) in [5, 5.41) is 0. The SMILES string of the molecule is CC[C@H](C)CNN. The topological polar surface area (TPSA) is 38.0 Å². The fourth-order valence-corrected chi connectivity index (χ4v) is 0.346. The lowest BCUT2D eigenvalue weighted by Gasteiger charge is -2.03. The van der Waals surface area contributed by atoms with Crippen LogP contribution in [0.5, 0.6) is 0 Å². The zero-order chi connectivity index (χ0) is 5.70. The average molecular weight is 102 g/mol. The van der Waals surface area contributed by atoms with Gasteiger partial charge in [-0.2, -0.15) is 0 Å². The molecule has 0 saturated carbocycles. The molecule has 0 aliphatic carbocycles. The largest absolute Gasteiger partial charge is 0.271 e. The van der Waals surface area contributed by atoms with Crippen LogP contribution in [-0.2, 0) is 0 Å². The van der Waals surface area contributed by atoms with Crippen molar-refractivity contribution in [3.8, 4) is 0 Å². The fraction of sp³-hybridized carbons (Fsp3) is 1.00. The van der Waals surface area contributed by atoms with Gasteiger partial charge in [0, 0.05) is 6.54 Å². The van der Waals surface area contributed by atoms with Crippen LogP contribution in [0.15, 0.2) is 0 Å². The second-order valence-electron chi connectivity index (χ2n) is 1.92. The van der Waals surface area contributed by atoms with Gasteiger partial charge in [-0.15, -0.1) is 0 Å². The molecule has 2 nitrogen and oxygen atoms in total. The van der Waals surface area contributed by atoms with Crippen LogP contribution in [0.3, 0.4) is 0 Å². The number of nitrogens with two attached hydrogens (primary N) is 1. The Bertz CT molecular complexity index is 37.1. The van der Waals surface area contributed by atoms with Gasteiger partial charge in [-0.1, -0.05) is 20.3 Å². The molecule has 0 aromatic carbocycles. The minimum Gasteiger partial charge on any atom is -0.271 e. The molecule has 0 aliphatic rings. The molecule has 0 amide bonds. The predicted molar refractivity (Wildman–Crippen MR) is 31.6 cm³/mol. The molecule has 0 fully saturated rings. The van der Waals surface area contributed by atoms with Gasteiger partial charge in [0.05, 0.1) is 0 Å². The lowest BCUT2D eigenvalue weighted by Crippen LogP contribution is -2.27. The van der Waals surface area contributed by atoms with E-state index in [0.717, 1.165) is 6.54 Å². The molecule has 0 bridgehead atoms. The van der Waals surface area contributed by atoms with Crippen LogP contribution in [0, 0.1) is 5.92 Å². The van der Waals surface area contributed by atoms with Crippen molar-refractivity contribution in [1.82, 2.24) is 5.43 Å². The summed E-state index contributed by atoms with van der Waals surface area (Å²) in [6.07, 6.45) is 1.20. The highest BCUT2D eigenvalue weighted by Gasteiger charge is 1.92. The number of rotatable bonds is 3. The van der Waals surface area contributed by atoms with Gasteiger partial charge in [0.25, 0.3) is 0 Å². The molecule has 44 valence electrons.